The van der Waals surface area contributed by atoms with Crippen LogP contribution in [0.25, 0.3) is 0 Å². The summed E-state index contributed by atoms with van der Waals surface area (Å²) in [5, 5.41) is 3.31. The second-order valence-electron chi connectivity index (χ2n) is 5.61. The number of hydrogen-bond donors (Lipinski definition) is 1. The zero-order valence-electron chi connectivity index (χ0n) is 13.0. The molecule has 118 valence electrons. The van der Waals surface area contributed by atoms with Crippen molar-refractivity contribution >= 4 is 5.69 Å². The standard InChI is InChI=1S/C17H27FN2O/c1-2-3-4-5-6-13-21-17-8-7-15(18)14-16(17)20-11-9-19-10-12-20/h7-8,14,19H,2-6,9-13H2,1H3. The van der Waals surface area contributed by atoms with Gasteiger partial charge in [0.15, 0.2) is 0 Å². The second-order valence-corrected chi connectivity index (χ2v) is 5.61. The molecule has 1 aromatic carbocycles. The van der Waals surface area contributed by atoms with E-state index in [0.717, 1.165) is 44.0 Å². The smallest absolute Gasteiger partial charge is 0.142 e. The van der Waals surface area contributed by atoms with Crippen molar-refractivity contribution in [2.45, 2.75) is 39.0 Å². The van der Waals surface area contributed by atoms with Gasteiger partial charge in [-0.1, -0.05) is 32.6 Å². The van der Waals surface area contributed by atoms with Crippen molar-refractivity contribution in [3.05, 3.63) is 24.0 Å². The highest BCUT2D eigenvalue weighted by Gasteiger charge is 2.15. The van der Waals surface area contributed by atoms with Gasteiger partial charge in [-0.25, -0.2) is 4.39 Å². The normalized spacial score (nSPS) is 15.2. The molecule has 0 aromatic heterocycles. The van der Waals surface area contributed by atoms with Gasteiger partial charge in [0.05, 0.1) is 12.3 Å². The third-order valence-corrected chi connectivity index (χ3v) is 3.88. The van der Waals surface area contributed by atoms with Crippen molar-refractivity contribution in [3.63, 3.8) is 0 Å². The van der Waals surface area contributed by atoms with Crippen LogP contribution in [0.3, 0.4) is 0 Å². The van der Waals surface area contributed by atoms with Crippen LogP contribution >= 0.6 is 0 Å². The van der Waals surface area contributed by atoms with E-state index in [9.17, 15) is 4.39 Å². The van der Waals surface area contributed by atoms with Crippen LogP contribution in [0.5, 0.6) is 5.75 Å². The molecule has 1 saturated heterocycles. The van der Waals surface area contributed by atoms with E-state index in [1.54, 1.807) is 12.1 Å². The van der Waals surface area contributed by atoms with Gasteiger partial charge in [-0.2, -0.15) is 0 Å². The highest BCUT2D eigenvalue weighted by atomic mass is 19.1. The van der Waals surface area contributed by atoms with Crippen LogP contribution in [0.15, 0.2) is 18.2 Å². The molecule has 0 unspecified atom stereocenters. The first-order valence-electron chi connectivity index (χ1n) is 8.19. The molecule has 0 aliphatic carbocycles. The highest BCUT2D eigenvalue weighted by molar-refractivity contribution is 5.59. The number of benzene rings is 1. The van der Waals surface area contributed by atoms with Crippen LogP contribution in [-0.2, 0) is 0 Å². The Bertz CT molecular complexity index is 419. The van der Waals surface area contributed by atoms with Crippen LogP contribution in [0.2, 0.25) is 0 Å². The van der Waals surface area contributed by atoms with E-state index in [0.29, 0.717) is 6.61 Å². The largest absolute Gasteiger partial charge is 0.491 e. The molecule has 1 N–H and O–H groups in total. The number of halogens is 1. The van der Waals surface area contributed by atoms with E-state index in [1.807, 2.05) is 0 Å². The molecule has 21 heavy (non-hydrogen) atoms. The fraction of sp³-hybridized carbons (Fsp3) is 0.647. The SMILES string of the molecule is CCCCCCCOc1ccc(F)cc1N1CCNCC1. The fourth-order valence-electron chi connectivity index (χ4n) is 2.65. The average Bonchev–Trinajstić information content (AvgIpc) is 2.53. The summed E-state index contributed by atoms with van der Waals surface area (Å²) in [6.45, 7) is 6.61. The van der Waals surface area contributed by atoms with E-state index < -0.39 is 0 Å². The van der Waals surface area contributed by atoms with E-state index in [4.69, 9.17) is 4.74 Å². The Balaban J connectivity index is 1.88. The summed E-state index contributed by atoms with van der Waals surface area (Å²) < 4.78 is 19.4. The Labute approximate surface area is 127 Å². The molecule has 0 bridgehead atoms. The zero-order valence-corrected chi connectivity index (χ0v) is 13.0. The summed E-state index contributed by atoms with van der Waals surface area (Å²) in [6, 6.07) is 4.84. The lowest BCUT2D eigenvalue weighted by Gasteiger charge is -2.30. The molecule has 2 rings (SSSR count). The minimum atomic E-state index is -0.196. The van der Waals surface area contributed by atoms with Crippen molar-refractivity contribution in [2.24, 2.45) is 0 Å². The van der Waals surface area contributed by atoms with Crippen LogP contribution in [0.1, 0.15) is 39.0 Å². The first-order valence-corrected chi connectivity index (χ1v) is 8.19. The first kappa shape index (κ1) is 16.1. The van der Waals surface area contributed by atoms with Crippen molar-refractivity contribution in [1.29, 1.82) is 0 Å². The van der Waals surface area contributed by atoms with Crippen LogP contribution < -0.4 is 15.0 Å². The summed E-state index contributed by atoms with van der Waals surface area (Å²) in [6.07, 6.45) is 6.10. The maximum absolute atomic E-state index is 13.5. The Kier molecular flexibility index (Phi) is 6.80. The monoisotopic (exact) mass is 294 g/mol. The number of anilines is 1. The van der Waals surface area contributed by atoms with E-state index in [1.165, 1.54) is 31.7 Å². The van der Waals surface area contributed by atoms with Gasteiger partial charge in [-0.3, -0.25) is 0 Å². The van der Waals surface area contributed by atoms with Gasteiger partial charge in [0.1, 0.15) is 11.6 Å². The molecule has 1 aliphatic rings. The number of unbranched alkanes of at least 4 members (excludes halogenated alkanes) is 4. The van der Waals surface area contributed by atoms with Crippen LogP contribution in [-0.4, -0.2) is 32.8 Å². The third-order valence-electron chi connectivity index (χ3n) is 3.88. The van der Waals surface area contributed by atoms with Gasteiger partial charge in [0.25, 0.3) is 0 Å². The number of rotatable bonds is 8. The van der Waals surface area contributed by atoms with Crippen molar-refractivity contribution in [2.75, 3.05) is 37.7 Å². The quantitative estimate of drug-likeness (QED) is 0.742. The number of piperazine rings is 1. The van der Waals surface area contributed by atoms with Crippen molar-refractivity contribution < 1.29 is 9.13 Å². The summed E-state index contributed by atoms with van der Waals surface area (Å²) >= 11 is 0. The fourth-order valence-corrected chi connectivity index (χ4v) is 2.65. The Hall–Kier alpha value is -1.29. The molecule has 4 heteroatoms. The highest BCUT2D eigenvalue weighted by Crippen LogP contribution is 2.29. The van der Waals surface area contributed by atoms with Crippen LogP contribution in [0, 0.1) is 5.82 Å². The summed E-state index contributed by atoms with van der Waals surface area (Å²) in [4.78, 5) is 2.20. The van der Waals surface area contributed by atoms with Gasteiger partial charge in [-0.15, -0.1) is 0 Å². The first-order chi connectivity index (χ1) is 10.3. The van der Waals surface area contributed by atoms with Gasteiger partial charge >= 0.3 is 0 Å². The number of ether oxygens (including phenoxy) is 1. The second kappa shape index (κ2) is 8.88. The molecule has 1 heterocycles. The topological polar surface area (TPSA) is 24.5 Å². The van der Waals surface area contributed by atoms with Gasteiger partial charge in [0, 0.05) is 32.2 Å². The van der Waals surface area contributed by atoms with Crippen LogP contribution in [0.4, 0.5) is 10.1 Å². The molecular weight excluding hydrogens is 267 g/mol. The number of nitrogens with one attached hydrogen (secondary N) is 1. The Morgan fingerprint density at radius 2 is 1.90 bits per heavy atom. The van der Waals surface area contributed by atoms with Gasteiger partial charge in [0.2, 0.25) is 0 Å². The van der Waals surface area contributed by atoms with E-state index in [-0.39, 0.29) is 5.82 Å². The molecule has 0 amide bonds. The maximum Gasteiger partial charge on any atom is 0.142 e. The molecule has 0 spiro atoms. The molecule has 0 atom stereocenters. The summed E-state index contributed by atoms with van der Waals surface area (Å²) in [5.74, 6) is 0.618. The molecule has 1 fully saturated rings. The van der Waals surface area contributed by atoms with Gasteiger partial charge in [-0.05, 0) is 18.6 Å². The molecule has 1 aromatic rings. The minimum Gasteiger partial charge on any atom is -0.491 e. The molecule has 3 nitrogen and oxygen atoms in total. The van der Waals surface area contributed by atoms with Crippen molar-refractivity contribution in [1.82, 2.24) is 5.32 Å². The molecule has 0 saturated carbocycles. The predicted molar refractivity (Wildman–Crippen MR) is 85.7 cm³/mol. The zero-order chi connectivity index (χ0) is 14.9. The van der Waals surface area contributed by atoms with Gasteiger partial charge < -0.3 is 15.0 Å². The third kappa shape index (κ3) is 5.20. The molecule has 1 aliphatic heterocycles. The van der Waals surface area contributed by atoms with Crippen molar-refractivity contribution in [3.8, 4) is 5.75 Å². The lowest BCUT2D eigenvalue weighted by molar-refractivity contribution is 0.304. The lowest BCUT2D eigenvalue weighted by atomic mass is 10.2. The Morgan fingerprint density at radius 3 is 2.67 bits per heavy atom. The average molecular weight is 294 g/mol. The Morgan fingerprint density at radius 1 is 1.14 bits per heavy atom. The predicted octanol–water partition coefficient (Wildman–Crippen LogP) is 3.58. The lowest BCUT2D eigenvalue weighted by Crippen LogP contribution is -2.43. The summed E-state index contributed by atoms with van der Waals surface area (Å²) in [7, 11) is 0. The molecule has 0 radical (unpaired) electrons. The molecular formula is C17H27FN2O. The number of hydrogen-bond acceptors (Lipinski definition) is 3. The summed E-state index contributed by atoms with van der Waals surface area (Å²) in [5.41, 5.74) is 0.894. The minimum absolute atomic E-state index is 0.196. The number of nitrogens with zero attached hydrogens (tertiary/aromatic N) is 1. The van der Waals surface area contributed by atoms with E-state index >= 15 is 0 Å². The maximum atomic E-state index is 13.5. The van der Waals surface area contributed by atoms with E-state index in [2.05, 4.69) is 17.1 Å².